The van der Waals surface area contributed by atoms with Gasteiger partial charge >= 0.3 is 6.09 Å². The van der Waals surface area contributed by atoms with Crippen molar-refractivity contribution in [1.29, 1.82) is 0 Å². The Bertz CT molecular complexity index is 1290. The number of rotatable bonds is 6. The highest BCUT2D eigenvalue weighted by molar-refractivity contribution is 6.28. The van der Waals surface area contributed by atoms with Crippen molar-refractivity contribution < 1.29 is 9.53 Å². The largest absolute Gasteiger partial charge is 0.445 e. The summed E-state index contributed by atoms with van der Waals surface area (Å²) < 4.78 is 5.52. The summed E-state index contributed by atoms with van der Waals surface area (Å²) in [6, 6.07) is 18.0. The Hall–Kier alpha value is -3.58. The first-order valence-corrected chi connectivity index (χ1v) is 11.8. The highest BCUT2D eigenvalue weighted by atomic mass is 35.5. The Morgan fingerprint density at radius 3 is 2.74 bits per heavy atom. The minimum absolute atomic E-state index is 0.216. The van der Waals surface area contributed by atoms with Gasteiger partial charge in [0.05, 0.1) is 5.69 Å². The fourth-order valence-electron chi connectivity index (χ4n) is 4.36. The number of anilines is 1. The molecule has 34 heavy (non-hydrogen) atoms. The number of halogens is 1. The normalized spacial score (nSPS) is 13.4. The molecule has 3 heterocycles. The average molecular weight is 476 g/mol. The van der Waals surface area contributed by atoms with E-state index in [1.54, 1.807) is 4.90 Å². The highest BCUT2D eigenvalue weighted by Crippen LogP contribution is 2.24. The van der Waals surface area contributed by atoms with E-state index in [2.05, 4.69) is 38.6 Å². The molecule has 0 saturated carbocycles. The Morgan fingerprint density at radius 1 is 1.06 bits per heavy atom. The van der Waals surface area contributed by atoms with Crippen LogP contribution in [-0.4, -0.2) is 45.6 Å². The number of nitrogens with one attached hydrogen (secondary N) is 2. The minimum Gasteiger partial charge on any atom is -0.445 e. The fourth-order valence-corrected chi connectivity index (χ4v) is 4.55. The molecule has 4 aromatic rings. The predicted octanol–water partition coefficient (Wildman–Crippen LogP) is 5.00. The zero-order valence-corrected chi connectivity index (χ0v) is 19.5. The minimum atomic E-state index is -0.315. The number of benzene rings is 2. The summed E-state index contributed by atoms with van der Waals surface area (Å²) in [6.45, 7) is 2.05. The number of aromatic amines is 1. The van der Waals surface area contributed by atoms with E-state index < -0.39 is 0 Å². The van der Waals surface area contributed by atoms with Crippen LogP contribution in [0.2, 0.25) is 5.28 Å². The first-order valence-electron chi connectivity index (χ1n) is 11.5. The van der Waals surface area contributed by atoms with Gasteiger partial charge in [-0.15, -0.1) is 0 Å². The van der Waals surface area contributed by atoms with Gasteiger partial charge in [0, 0.05) is 48.7 Å². The van der Waals surface area contributed by atoms with E-state index in [1.807, 2.05) is 42.5 Å². The molecule has 2 aromatic heterocycles. The van der Waals surface area contributed by atoms with Gasteiger partial charge in [-0.2, -0.15) is 0 Å². The summed E-state index contributed by atoms with van der Waals surface area (Å²) in [7, 11) is 0. The van der Waals surface area contributed by atoms with Crippen molar-refractivity contribution in [3.05, 3.63) is 88.5 Å². The number of amides is 1. The summed E-state index contributed by atoms with van der Waals surface area (Å²) in [6.07, 6.45) is 3.83. The summed E-state index contributed by atoms with van der Waals surface area (Å²) in [4.78, 5) is 26.6. The third kappa shape index (κ3) is 4.99. The number of para-hydroxylation sites is 1. The van der Waals surface area contributed by atoms with Crippen molar-refractivity contribution in [2.24, 2.45) is 0 Å². The molecular weight excluding hydrogens is 450 g/mol. The molecule has 1 aliphatic heterocycles. The Labute approximate surface area is 203 Å². The second-order valence-electron chi connectivity index (χ2n) is 8.33. The second-order valence-corrected chi connectivity index (χ2v) is 8.67. The zero-order chi connectivity index (χ0) is 23.3. The SMILES string of the molecule is O=C(OCc1ccccc1)N1CCc2nc(Cl)nc(NCCc3c[nH]c4ccccc34)c2CC1. The topological polar surface area (TPSA) is 83.1 Å². The molecule has 0 saturated heterocycles. The van der Waals surface area contributed by atoms with Crippen LogP contribution < -0.4 is 5.32 Å². The van der Waals surface area contributed by atoms with Crippen LogP contribution in [0.4, 0.5) is 10.6 Å². The first-order chi connectivity index (χ1) is 16.7. The standard InChI is InChI=1S/C26H26ClN5O2/c27-25-30-23-12-15-32(26(33)34-17-18-6-2-1-3-7-18)14-11-21(23)24(31-25)28-13-10-19-16-29-22-9-5-4-8-20(19)22/h1-9,16,29H,10-15,17H2,(H,28,30,31). The summed E-state index contributed by atoms with van der Waals surface area (Å²) >= 11 is 6.24. The van der Waals surface area contributed by atoms with E-state index in [0.29, 0.717) is 32.5 Å². The van der Waals surface area contributed by atoms with Crippen LogP contribution >= 0.6 is 11.6 Å². The van der Waals surface area contributed by atoms with E-state index in [9.17, 15) is 4.79 Å². The van der Waals surface area contributed by atoms with Gasteiger partial charge in [-0.3, -0.25) is 0 Å². The van der Waals surface area contributed by atoms with Crippen molar-refractivity contribution in [3.63, 3.8) is 0 Å². The van der Waals surface area contributed by atoms with Crippen LogP contribution in [0.3, 0.4) is 0 Å². The Morgan fingerprint density at radius 2 is 1.85 bits per heavy atom. The number of H-pyrrole nitrogens is 1. The van der Waals surface area contributed by atoms with Gasteiger partial charge in [0.25, 0.3) is 0 Å². The molecule has 0 radical (unpaired) electrons. The lowest BCUT2D eigenvalue weighted by Crippen LogP contribution is -2.33. The molecular formula is C26H26ClN5O2. The van der Waals surface area contributed by atoms with Crippen molar-refractivity contribution in [2.75, 3.05) is 25.0 Å². The quantitative estimate of drug-likeness (QED) is 0.383. The zero-order valence-electron chi connectivity index (χ0n) is 18.8. The number of ether oxygens (including phenoxy) is 1. The summed E-state index contributed by atoms with van der Waals surface area (Å²) in [5, 5.41) is 4.90. The predicted molar refractivity (Wildman–Crippen MR) is 133 cm³/mol. The third-order valence-electron chi connectivity index (χ3n) is 6.14. The van der Waals surface area contributed by atoms with Gasteiger partial charge in [-0.1, -0.05) is 48.5 Å². The summed E-state index contributed by atoms with van der Waals surface area (Å²) in [5.41, 5.74) is 5.25. The molecule has 8 heteroatoms. The molecule has 0 fully saturated rings. The van der Waals surface area contributed by atoms with Crippen LogP contribution in [0.1, 0.15) is 22.4 Å². The molecule has 174 valence electrons. The van der Waals surface area contributed by atoms with Crippen molar-refractivity contribution in [3.8, 4) is 0 Å². The van der Waals surface area contributed by atoms with Crippen molar-refractivity contribution in [1.82, 2.24) is 19.9 Å². The maximum absolute atomic E-state index is 12.7. The van der Waals surface area contributed by atoms with Crippen molar-refractivity contribution >= 4 is 34.4 Å². The molecule has 0 spiro atoms. The second kappa shape index (κ2) is 10.1. The molecule has 2 N–H and O–H groups in total. The molecule has 0 atom stereocenters. The van der Waals surface area contributed by atoms with E-state index in [0.717, 1.165) is 34.6 Å². The Balaban J connectivity index is 1.22. The van der Waals surface area contributed by atoms with E-state index >= 15 is 0 Å². The maximum atomic E-state index is 12.7. The third-order valence-corrected chi connectivity index (χ3v) is 6.31. The molecule has 1 amide bonds. The van der Waals surface area contributed by atoms with Crippen LogP contribution in [-0.2, 0) is 30.6 Å². The molecule has 7 nitrogen and oxygen atoms in total. The lowest BCUT2D eigenvalue weighted by atomic mass is 10.1. The van der Waals surface area contributed by atoms with Gasteiger partial charge in [0.15, 0.2) is 0 Å². The lowest BCUT2D eigenvalue weighted by molar-refractivity contribution is 0.0977. The van der Waals surface area contributed by atoms with Crippen LogP contribution in [0.25, 0.3) is 10.9 Å². The molecule has 0 bridgehead atoms. The van der Waals surface area contributed by atoms with Crippen molar-refractivity contribution in [2.45, 2.75) is 25.9 Å². The van der Waals surface area contributed by atoms with Crippen LogP contribution in [0.5, 0.6) is 0 Å². The van der Waals surface area contributed by atoms with E-state index in [4.69, 9.17) is 16.3 Å². The van der Waals surface area contributed by atoms with E-state index in [1.165, 1.54) is 10.9 Å². The average Bonchev–Trinajstić information content (AvgIpc) is 3.14. The summed E-state index contributed by atoms with van der Waals surface area (Å²) in [5.74, 6) is 0.745. The van der Waals surface area contributed by atoms with E-state index in [-0.39, 0.29) is 18.0 Å². The number of aromatic nitrogens is 3. The molecule has 0 unspecified atom stereocenters. The molecule has 1 aliphatic rings. The highest BCUT2D eigenvalue weighted by Gasteiger charge is 2.23. The molecule has 0 aliphatic carbocycles. The van der Waals surface area contributed by atoms with Gasteiger partial charge in [0.1, 0.15) is 12.4 Å². The van der Waals surface area contributed by atoms with Gasteiger partial charge in [0.2, 0.25) is 5.28 Å². The maximum Gasteiger partial charge on any atom is 0.410 e. The Kier molecular flexibility index (Phi) is 6.62. The molecule has 2 aromatic carbocycles. The number of hydrogen-bond acceptors (Lipinski definition) is 5. The van der Waals surface area contributed by atoms with Crippen LogP contribution in [0.15, 0.2) is 60.8 Å². The number of hydrogen-bond donors (Lipinski definition) is 2. The monoisotopic (exact) mass is 475 g/mol. The number of carbonyl (C=O) groups excluding carboxylic acids is 1. The first kappa shape index (κ1) is 22.2. The van der Waals surface area contributed by atoms with Gasteiger partial charge in [-0.05, 0) is 41.6 Å². The lowest BCUT2D eigenvalue weighted by Gasteiger charge is -2.19. The van der Waals surface area contributed by atoms with Crippen LogP contribution in [0, 0.1) is 0 Å². The van der Waals surface area contributed by atoms with Gasteiger partial charge < -0.3 is 19.9 Å². The number of fused-ring (bicyclic) bond motifs is 2. The number of nitrogens with zero attached hydrogens (tertiary/aromatic N) is 3. The smallest absolute Gasteiger partial charge is 0.410 e. The number of carbonyl (C=O) groups is 1. The molecule has 5 rings (SSSR count). The van der Waals surface area contributed by atoms with Gasteiger partial charge in [-0.25, -0.2) is 14.8 Å². The fraction of sp³-hybridized carbons (Fsp3) is 0.269.